The maximum absolute atomic E-state index is 12.5. The molecular weight excluding hydrogens is 324 g/mol. The zero-order chi connectivity index (χ0) is 16.6. The Bertz CT molecular complexity index is 840. The summed E-state index contributed by atoms with van der Waals surface area (Å²) in [5.41, 5.74) is 1.92. The molecule has 1 atom stereocenters. The minimum absolute atomic E-state index is 0.0740. The molecule has 1 saturated carbocycles. The third-order valence-electron chi connectivity index (χ3n) is 4.62. The van der Waals surface area contributed by atoms with Crippen LogP contribution in [0.25, 0.3) is 6.08 Å². The van der Waals surface area contributed by atoms with Crippen LogP contribution in [0.1, 0.15) is 42.5 Å². The molecule has 24 heavy (non-hydrogen) atoms. The Kier molecular flexibility index (Phi) is 3.97. The van der Waals surface area contributed by atoms with Gasteiger partial charge in [-0.05, 0) is 30.9 Å². The predicted octanol–water partition coefficient (Wildman–Crippen LogP) is 2.40. The van der Waals surface area contributed by atoms with Crippen molar-refractivity contribution in [3.63, 3.8) is 0 Å². The summed E-state index contributed by atoms with van der Waals surface area (Å²) in [6, 6.07) is 9.53. The molecule has 0 bridgehead atoms. The lowest BCUT2D eigenvalue weighted by molar-refractivity contribution is 0.432. The van der Waals surface area contributed by atoms with Crippen LogP contribution in [0, 0.1) is 0 Å². The van der Waals surface area contributed by atoms with E-state index in [1.807, 2.05) is 41.2 Å². The van der Waals surface area contributed by atoms with Crippen molar-refractivity contribution in [2.75, 3.05) is 13.1 Å². The Morgan fingerprint density at radius 1 is 1.12 bits per heavy atom. The Labute approximate surface area is 141 Å². The van der Waals surface area contributed by atoms with Crippen LogP contribution in [0.5, 0.6) is 0 Å². The third-order valence-corrected chi connectivity index (χ3v) is 6.15. The summed E-state index contributed by atoms with van der Waals surface area (Å²) in [6.07, 6.45) is 6.77. The summed E-state index contributed by atoms with van der Waals surface area (Å²) in [6.45, 7) is 0.972. The van der Waals surface area contributed by atoms with Crippen molar-refractivity contribution < 1.29 is 8.42 Å². The van der Waals surface area contributed by atoms with Gasteiger partial charge in [-0.1, -0.05) is 35.5 Å². The lowest BCUT2D eigenvalue weighted by atomic mass is 10.2. The number of sulfonamides is 1. The second-order valence-electron chi connectivity index (χ2n) is 6.46. The van der Waals surface area contributed by atoms with E-state index in [-0.39, 0.29) is 6.04 Å². The largest absolute Gasteiger partial charge is 0.248 e. The lowest BCUT2D eigenvalue weighted by Crippen LogP contribution is -2.27. The first-order valence-electron chi connectivity index (χ1n) is 8.27. The van der Waals surface area contributed by atoms with E-state index < -0.39 is 10.0 Å². The number of aromatic nitrogens is 3. The highest BCUT2D eigenvalue weighted by Crippen LogP contribution is 2.39. The van der Waals surface area contributed by atoms with Gasteiger partial charge in [-0.2, -0.15) is 4.31 Å². The molecule has 2 aromatic rings. The van der Waals surface area contributed by atoms with Crippen LogP contribution >= 0.6 is 0 Å². The van der Waals surface area contributed by atoms with E-state index in [9.17, 15) is 8.42 Å². The monoisotopic (exact) mass is 344 g/mol. The molecule has 1 aliphatic carbocycles. The Morgan fingerprint density at radius 2 is 1.92 bits per heavy atom. The number of hydrogen-bond donors (Lipinski definition) is 0. The van der Waals surface area contributed by atoms with Crippen LogP contribution in [-0.2, 0) is 10.0 Å². The van der Waals surface area contributed by atoms with E-state index in [1.54, 1.807) is 6.08 Å². The summed E-state index contributed by atoms with van der Waals surface area (Å²) in [5, 5.41) is 9.71. The second-order valence-corrected chi connectivity index (χ2v) is 8.28. The van der Waals surface area contributed by atoms with Gasteiger partial charge < -0.3 is 0 Å². The van der Waals surface area contributed by atoms with Crippen molar-refractivity contribution in [2.24, 2.45) is 0 Å². The Balaban J connectivity index is 1.44. The first-order chi connectivity index (χ1) is 11.6. The van der Waals surface area contributed by atoms with E-state index in [2.05, 4.69) is 10.3 Å². The van der Waals surface area contributed by atoms with E-state index in [1.165, 1.54) is 22.6 Å². The second kappa shape index (κ2) is 6.14. The van der Waals surface area contributed by atoms with Gasteiger partial charge in [0.15, 0.2) is 0 Å². The molecule has 0 N–H and O–H groups in total. The van der Waals surface area contributed by atoms with Crippen molar-refractivity contribution in [2.45, 2.75) is 31.2 Å². The molecule has 1 aliphatic heterocycles. The predicted molar refractivity (Wildman–Crippen MR) is 91.6 cm³/mol. The highest BCUT2D eigenvalue weighted by atomic mass is 32.2. The third kappa shape index (κ3) is 3.27. The van der Waals surface area contributed by atoms with Crippen LogP contribution in [0.2, 0.25) is 0 Å². The summed E-state index contributed by atoms with van der Waals surface area (Å²) in [7, 11) is -3.41. The average Bonchev–Trinajstić information content (AvgIpc) is 3.12. The van der Waals surface area contributed by atoms with E-state index in [0.29, 0.717) is 19.0 Å². The molecular formula is C17H20N4O2S. The normalized spacial score (nSPS) is 22.4. The summed E-state index contributed by atoms with van der Waals surface area (Å²) >= 11 is 0. The highest BCUT2D eigenvalue weighted by molar-refractivity contribution is 7.92. The Morgan fingerprint density at radius 3 is 2.67 bits per heavy atom. The van der Waals surface area contributed by atoms with Gasteiger partial charge in [-0.3, -0.25) is 0 Å². The minimum atomic E-state index is -3.41. The first-order valence-corrected chi connectivity index (χ1v) is 9.77. The van der Waals surface area contributed by atoms with Gasteiger partial charge in [-0.25, -0.2) is 13.1 Å². The van der Waals surface area contributed by atoms with E-state index in [0.717, 1.165) is 17.7 Å². The summed E-state index contributed by atoms with van der Waals surface area (Å²) in [4.78, 5) is 0. The lowest BCUT2D eigenvalue weighted by Gasteiger charge is -2.13. The molecule has 1 aromatic carbocycles. The number of nitrogens with zero attached hydrogens (tertiary/aromatic N) is 4. The van der Waals surface area contributed by atoms with Gasteiger partial charge in [0, 0.05) is 30.6 Å². The van der Waals surface area contributed by atoms with Crippen LogP contribution in [-0.4, -0.2) is 40.8 Å². The van der Waals surface area contributed by atoms with Gasteiger partial charge in [0.2, 0.25) is 10.0 Å². The van der Waals surface area contributed by atoms with Crippen LogP contribution in [0.3, 0.4) is 0 Å². The molecule has 1 aromatic heterocycles. The van der Waals surface area contributed by atoms with E-state index >= 15 is 0 Å². The zero-order valence-corrected chi connectivity index (χ0v) is 14.1. The zero-order valence-electron chi connectivity index (χ0n) is 13.3. The molecule has 6 nitrogen and oxygen atoms in total. The van der Waals surface area contributed by atoms with Crippen molar-refractivity contribution >= 4 is 16.1 Å². The van der Waals surface area contributed by atoms with Gasteiger partial charge >= 0.3 is 0 Å². The molecule has 7 heteroatoms. The van der Waals surface area contributed by atoms with Gasteiger partial charge in [0.25, 0.3) is 0 Å². The molecule has 126 valence electrons. The number of rotatable bonds is 5. The molecule has 1 unspecified atom stereocenters. The van der Waals surface area contributed by atoms with Crippen molar-refractivity contribution in [1.82, 2.24) is 19.3 Å². The minimum Gasteiger partial charge on any atom is -0.248 e. The fourth-order valence-corrected chi connectivity index (χ4v) is 4.25. The van der Waals surface area contributed by atoms with Gasteiger partial charge in [-0.15, -0.1) is 5.10 Å². The molecule has 0 radical (unpaired) electrons. The topological polar surface area (TPSA) is 68.1 Å². The van der Waals surface area contributed by atoms with Crippen molar-refractivity contribution in [3.05, 3.63) is 53.2 Å². The maximum atomic E-state index is 12.5. The average molecular weight is 344 g/mol. The molecule has 2 aliphatic rings. The molecule has 0 spiro atoms. The van der Waals surface area contributed by atoms with Gasteiger partial charge in [0.05, 0.1) is 11.7 Å². The molecule has 2 fully saturated rings. The first kappa shape index (κ1) is 15.5. The van der Waals surface area contributed by atoms with Crippen LogP contribution in [0.15, 0.2) is 41.9 Å². The fraction of sp³-hybridized carbons (Fsp3) is 0.412. The maximum Gasteiger partial charge on any atom is 0.236 e. The summed E-state index contributed by atoms with van der Waals surface area (Å²) < 4.78 is 28.4. The number of benzene rings is 1. The van der Waals surface area contributed by atoms with Crippen molar-refractivity contribution in [3.8, 4) is 0 Å². The molecule has 1 saturated heterocycles. The number of hydrogen-bond acceptors (Lipinski definition) is 4. The molecule has 0 amide bonds. The standard InChI is InChI=1S/C17H20N4O2S/c22-24(23,11-9-14-4-2-1-3-5-14)20-10-8-16(12-20)21-13-17(18-19-21)15-6-7-15/h1-5,9,11,13,15-16H,6-8,10,12H2/b11-9+. The quantitative estimate of drug-likeness (QED) is 0.835. The van der Waals surface area contributed by atoms with Crippen molar-refractivity contribution in [1.29, 1.82) is 0 Å². The highest BCUT2D eigenvalue weighted by Gasteiger charge is 2.33. The Hall–Kier alpha value is -1.99. The van der Waals surface area contributed by atoms with Crippen LogP contribution in [0.4, 0.5) is 0 Å². The molecule has 2 heterocycles. The van der Waals surface area contributed by atoms with E-state index in [4.69, 9.17) is 0 Å². The molecule has 4 rings (SSSR count). The van der Waals surface area contributed by atoms with Crippen LogP contribution < -0.4 is 0 Å². The fourth-order valence-electron chi connectivity index (χ4n) is 3.01. The smallest absolute Gasteiger partial charge is 0.236 e. The SMILES string of the molecule is O=S(=O)(/C=C/c1ccccc1)N1CCC(n2cc(C3CC3)nn2)C1. The summed E-state index contributed by atoms with van der Waals surface area (Å²) in [5.74, 6) is 0.564. The van der Waals surface area contributed by atoms with Gasteiger partial charge in [0.1, 0.15) is 0 Å².